The summed E-state index contributed by atoms with van der Waals surface area (Å²) in [6, 6.07) is 20.4. The van der Waals surface area contributed by atoms with Gasteiger partial charge < -0.3 is 5.32 Å². The van der Waals surface area contributed by atoms with E-state index in [1.165, 1.54) is 12.1 Å². The van der Waals surface area contributed by atoms with Gasteiger partial charge in [0.2, 0.25) is 0 Å². The van der Waals surface area contributed by atoms with Crippen LogP contribution in [0.25, 0.3) is 0 Å². The molecule has 3 rings (SSSR count). The molecule has 0 aliphatic heterocycles. The number of nitrogens with one attached hydrogen (secondary N) is 2. The number of anilines is 2. The Balaban J connectivity index is 1.82. The van der Waals surface area contributed by atoms with Crippen molar-refractivity contribution < 1.29 is 13.2 Å². The quantitative estimate of drug-likeness (QED) is 0.592. The van der Waals surface area contributed by atoms with Gasteiger partial charge in [-0.2, -0.15) is 0 Å². The molecule has 2 N–H and O–H groups in total. The molecule has 5 nitrogen and oxygen atoms in total. The Morgan fingerprint density at radius 2 is 1.56 bits per heavy atom. The van der Waals surface area contributed by atoms with Crippen LogP contribution in [-0.2, 0) is 10.0 Å². The van der Waals surface area contributed by atoms with Gasteiger partial charge in [-0.05, 0) is 70.9 Å². The van der Waals surface area contributed by atoms with Gasteiger partial charge in [0.25, 0.3) is 15.9 Å². The molecule has 138 valence electrons. The van der Waals surface area contributed by atoms with E-state index in [2.05, 4.69) is 26.0 Å². The van der Waals surface area contributed by atoms with E-state index in [4.69, 9.17) is 0 Å². The summed E-state index contributed by atoms with van der Waals surface area (Å²) in [7, 11) is -3.75. The van der Waals surface area contributed by atoms with Crippen molar-refractivity contribution in [3.05, 3.63) is 88.4 Å². The highest BCUT2D eigenvalue weighted by atomic mass is 79.9. The topological polar surface area (TPSA) is 75.3 Å². The minimum atomic E-state index is -3.75. The number of rotatable bonds is 5. The van der Waals surface area contributed by atoms with Crippen molar-refractivity contribution >= 4 is 43.2 Å². The number of hydrogen-bond acceptors (Lipinski definition) is 3. The van der Waals surface area contributed by atoms with Crippen LogP contribution in [0.1, 0.15) is 15.9 Å². The minimum Gasteiger partial charge on any atom is -0.322 e. The SMILES string of the molecule is Cc1cc(S(=O)(=O)Nc2ccccc2Br)ccc1NC(=O)c1ccccc1. The van der Waals surface area contributed by atoms with Gasteiger partial charge in [-0.1, -0.05) is 30.3 Å². The van der Waals surface area contributed by atoms with Gasteiger partial charge in [0.1, 0.15) is 0 Å². The minimum absolute atomic E-state index is 0.119. The van der Waals surface area contributed by atoms with Crippen molar-refractivity contribution in [1.29, 1.82) is 0 Å². The molecule has 0 atom stereocenters. The van der Waals surface area contributed by atoms with Crippen LogP contribution in [0, 0.1) is 6.92 Å². The molecule has 1 amide bonds. The van der Waals surface area contributed by atoms with Crippen LogP contribution < -0.4 is 10.0 Å². The fourth-order valence-corrected chi connectivity index (χ4v) is 4.15. The van der Waals surface area contributed by atoms with E-state index in [1.807, 2.05) is 6.07 Å². The molecule has 3 aromatic carbocycles. The lowest BCUT2D eigenvalue weighted by Crippen LogP contribution is -2.15. The van der Waals surface area contributed by atoms with E-state index >= 15 is 0 Å². The van der Waals surface area contributed by atoms with Gasteiger partial charge in [-0.15, -0.1) is 0 Å². The van der Waals surface area contributed by atoms with Crippen molar-refractivity contribution in [3.63, 3.8) is 0 Å². The first-order chi connectivity index (χ1) is 12.9. The Kier molecular flexibility index (Phi) is 5.62. The molecule has 0 fully saturated rings. The molecule has 0 heterocycles. The summed E-state index contributed by atoms with van der Waals surface area (Å²) in [6.07, 6.45) is 0. The Morgan fingerprint density at radius 3 is 2.22 bits per heavy atom. The molecule has 0 aliphatic carbocycles. The maximum Gasteiger partial charge on any atom is 0.261 e. The van der Waals surface area contributed by atoms with Crippen molar-refractivity contribution in [2.45, 2.75) is 11.8 Å². The molecule has 0 unspecified atom stereocenters. The Bertz CT molecular complexity index is 1080. The molecule has 0 aliphatic rings. The fraction of sp³-hybridized carbons (Fsp3) is 0.0500. The van der Waals surface area contributed by atoms with Crippen LogP contribution in [0.15, 0.2) is 82.2 Å². The largest absolute Gasteiger partial charge is 0.322 e. The number of carbonyl (C=O) groups excluding carboxylic acids is 1. The molecule has 0 saturated heterocycles. The number of para-hydroxylation sites is 1. The normalized spacial score (nSPS) is 11.0. The van der Waals surface area contributed by atoms with Gasteiger partial charge in [-0.3, -0.25) is 9.52 Å². The lowest BCUT2D eigenvalue weighted by molar-refractivity contribution is 0.102. The highest BCUT2D eigenvalue weighted by Gasteiger charge is 2.17. The maximum absolute atomic E-state index is 12.6. The van der Waals surface area contributed by atoms with E-state index in [9.17, 15) is 13.2 Å². The van der Waals surface area contributed by atoms with Crippen molar-refractivity contribution in [2.24, 2.45) is 0 Å². The maximum atomic E-state index is 12.6. The molecule has 0 bridgehead atoms. The van der Waals surface area contributed by atoms with Crippen molar-refractivity contribution in [2.75, 3.05) is 10.0 Å². The van der Waals surface area contributed by atoms with Gasteiger partial charge >= 0.3 is 0 Å². The number of amides is 1. The zero-order valence-electron chi connectivity index (χ0n) is 14.4. The van der Waals surface area contributed by atoms with E-state index < -0.39 is 10.0 Å². The molecule has 0 aromatic heterocycles. The highest BCUT2D eigenvalue weighted by molar-refractivity contribution is 9.10. The Hall–Kier alpha value is -2.64. The van der Waals surface area contributed by atoms with Crippen LogP contribution in [0.3, 0.4) is 0 Å². The van der Waals surface area contributed by atoms with Gasteiger partial charge in [-0.25, -0.2) is 8.42 Å². The Labute approximate surface area is 166 Å². The van der Waals surface area contributed by atoms with Gasteiger partial charge in [0.05, 0.1) is 10.6 Å². The number of sulfonamides is 1. The average molecular weight is 445 g/mol. The van der Waals surface area contributed by atoms with E-state index in [0.29, 0.717) is 27.0 Å². The number of halogens is 1. The summed E-state index contributed by atoms with van der Waals surface area (Å²) in [5.41, 5.74) is 2.19. The third kappa shape index (κ3) is 4.56. The lowest BCUT2D eigenvalue weighted by Gasteiger charge is -2.13. The smallest absolute Gasteiger partial charge is 0.261 e. The summed E-state index contributed by atoms with van der Waals surface area (Å²) < 4.78 is 28.5. The summed E-state index contributed by atoms with van der Waals surface area (Å²) in [5, 5.41) is 2.80. The van der Waals surface area contributed by atoms with Crippen LogP contribution in [0.4, 0.5) is 11.4 Å². The summed E-state index contributed by atoms with van der Waals surface area (Å²) in [5.74, 6) is -0.249. The third-order valence-electron chi connectivity index (χ3n) is 3.91. The Morgan fingerprint density at radius 1 is 0.889 bits per heavy atom. The zero-order chi connectivity index (χ0) is 19.4. The second kappa shape index (κ2) is 7.94. The zero-order valence-corrected chi connectivity index (χ0v) is 16.8. The standard InChI is InChI=1S/C20H17BrN2O3S/c1-14-13-16(27(25,26)23-19-10-6-5-9-17(19)21)11-12-18(14)22-20(24)15-7-3-2-4-8-15/h2-13,23H,1H3,(H,22,24). The predicted octanol–water partition coefficient (Wildman–Crippen LogP) is 4.81. The molecular formula is C20H17BrN2O3S. The summed E-state index contributed by atoms with van der Waals surface area (Å²) in [6.45, 7) is 1.75. The fourth-order valence-electron chi connectivity index (χ4n) is 2.48. The average Bonchev–Trinajstić information content (AvgIpc) is 2.65. The first-order valence-corrected chi connectivity index (χ1v) is 10.4. The summed E-state index contributed by atoms with van der Waals surface area (Å²) in [4.78, 5) is 12.4. The van der Waals surface area contributed by atoms with Crippen molar-refractivity contribution in [3.8, 4) is 0 Å². The first kappa shape index (κ1) is 19.1. The molecule has 0 spiro atoms. The number of hydrogen-bond donors (Lipinski definition) is 2. The van der Waals surface area contributed by atoms with Crippen LogP contribution in [0.5, 0.6) is 0 Å². The molecule has 27 heavy (non-hydrogen) atoms. The van der Waals surface area contributed by atoms with Crippen LogP contribution in [0.2, 0.25) is 0 Å². The third-order valence-corrected chi connectivity index (χ3v) is 5.97. The van der Waals surface area contributed by atoms with Crippen molar-refractivity contribution in [1.82, 2.24) is 0 Å². The van der Waals surface area contributed by atoms with E-state index in [1.54, 1.807) is 61.5 Å². The van der Waals surface area contributed by atoms with E-state index in [-0.39, 0.29) is 10.8 Å². The molecule has 0 radical (unpaired) electrons. The summed E-state index contributed by atoms with van der Waals surface area (Å²) >= 11 is 3.32. The molecule has 0 saturated carbocycles. The van der Waals surface area contributed by atoms with Crippen LogP contribution >= 0.6 is 15.9 Å². The number of aryl methyl sites for hydroxylation is 1. The van der Waals surface area contributed by atoms with Gasteiger partial charge in [0.15, 0.2) is 0 Å². The second-order valence-corrected chi connectivity index (χ2v) is 8.42. The van der Waals surface area contributed by atoms with Crippen LogP contribution in [-0.4, -0.2) is 14.3 Å². The number of benzene rings is 3. The van der Waals surface area contributed by atoms with E-state index in [0.717, 1.165) is 0 Å². The highest BCUT2D eigenvalue weighted by Crippen LogP contribution is 2.26. The monoisotopic (exact) mass is 444 g/mol. The van der Waals surface area contributed by atoms with Gasteiger partial charge in [0, 0.05) is 15.7 Å². The second-order valence-electron chi connectivity index (χ2n) is 5.88. The first-order valence-electron chi connectivity index (χ1n) is 8.11. The molecule has 7 heteroatoms. The molecule has 3 aromatic rings. The molecular weight excluding hydrogens is 428 g/mol. The lowest BCUT2D eigenvalue weighted by atomic mass is 10.1. The predicted molar refractivity (Wildman–Crippen MR) is 111 cm³/mol. The number of carbonyl (C=O) groups is 1.